The lowest BCUT2D eigenvalue weighted by atomic mass is 9.88. The maximum atomic E-state index is 14.0. The van der Waals surface area contributed by atoms with Crippen LogP contribution in [0.1, 0.15) is 65.5 Å². The monoisotopic (exact) mass is 734 g/mol. The van der Waals surface area contributed by atoms with Crippen LogP contribution in [0.5, 0.6) is 11.5 Å². The molecule has 0 bridgehead atoms. The third kappa shape index (κ3) is 7.00. The van der Waals surface area contributed by atoms with Crippen LogP contribution in [-0.2, 0) is 30.8 Å². The van der Waals surface area contributed by atoms with Gasteiger partial charge < -0.3 is 24.8 Å². The van der Waals surface area contributed by atoms with Crippen molar-refractivity contribution in [2.75, 3.05) is 13.7 Å². The van der Waals surface area contributed by atoms with Gasteiger partial charge >= 0.3 is 0 Å². The molecule has 3 N–H and O–H groups in total. The normalized spacial score (nSPS) is 24.8. The molecule has 0 radical (unpaired) electrons. The topological polar surface area (TPSA) is 164 Å². The summed E-state index contributed by atoms with van der Waals surface area (Å²) in [6, 6.07) is 4.38. The highest BCUT2D eigenvalue weighted by molar-refractivity contribution is 9.10. The number of hydrogen-bond donors (Lipinski definition) is 3. The number of amides is 3. The summed E-state index contributed by atoms with van der Waals surface area (Å²) in [5.41, 5.74) is -0.891. The Hall–Kier alpha value is -3.23. The second kappa shape index (κ2) is 13.0. The molecule has 3 aliphatic rings. The molecule has 2 aliphatic carbocycles. The fourth-order valence-corrected chi connectivity index (χ4v) is 7.96. The smallest absolute Gasteiger partial charge is 0.259 e. The number of carbonyl (C=O) groups is 3. The summed E-state index contributed by atoms with van der Waals surface area (Å²) < 4.78 is 40.0. The number of aliphatic hydroxyl groups is 1. The Kier molecular flexibility index (Phi) is 9.70. The average molecular weight is 736 g/mol. The molecular weight excluding hydrogens is 692 g/mol. The number of likely N-dealkylation sites (tertiary alicyclic amines) is 1. The predicted octanol–water partition coefficient (Wildman–Crippen LogP) is 3.38. The van der Waals surface area contributed by atoms with E-state index in [2.05, 4.69) is 32.5 Å². The first-order valence-electron chi connectivity index (χ1n) is 15.9. The number of fused-ring (bicyclic) bond motifs is 1. The zero-order chi connectivity index (χ0) is 34.5. The number of aliphatic hydroxyl groups excluding tert-OH is 1. The van der Waals surface area contributed by atoms with E-state index in [1.165, 1.54) is 11.0 Å². The molecule has 5 rings (SSSR count). The van der Waals surface area contributed by atoms with E-state index >= 15 is 0 Å². The van der Waals surface area contributed by atoms with Crippen LogP contribution in [0.15, 0.2) is 35.3 Å². The number of nitrogens with zero attached hydrogens (tertiary/aromatic N) is 2. The first kappa shape index (κ1) is 35.1. The summed E-state index contributed by atoms with van der Waals surface area (Å²) in [5, 5.41) is 13.8. The van der Waals surface area contributed by atoms with Gasteiger partial charge in [-0.25, -0.2) is 8.42 Å². The van der Waals surface area contributed by atoms with Gasteiger partial charge in [0.15, 0.2) is 0 Å². The molecule has 1 aromatic heterocycles. The van der Waals surface area contributed by atoms with Crippen molar-refractivity contribution in [3.63, 3.8) is 0 Å². The van der Waals surface area contributed by atoms with Crippen LogP contribution in [0.2, 0.25) is 0 Å². The Morgan fingerprint density at radius 2 is 1.96 bits per heavy atom. The molecular formula is C33H43BrN4O8S. The van der Waals surface area contributed by atoms with E-state index < -0.39 is 68.1 Å². The summed E-state index contributed by atoms with van der Waals surface area (Å²) >= 11 is 3.60. The van der Waals surface area contributed by atoms with Crippen molar-refractivity contribution in [3.8, 4) is 11.5 Å². The summed E-state index contributed by atoms with van der Waals surface area (Å²) in [7, 11) is -2.29. The van der Waals surface area contributed by atoms with Crippen molar-refractivity contribution in [1.82, 2.24) is 19.9 Å². The third-order valence-corrected chi connectivity index (χ3v) is 11.7. The molecule has 2 aromatic rings. The molecule has 5 atom stereocenters. The number of hydrogen-bond acceptors (Lipinski definition) is 9. The number of aromatic nitrogens is 1. The zero-order valence-electron chi connectivity index (χ0n) is 27.3. The predicted molar refractivity (Wildman–Crippen MR) is 179 cm³/mol. The number of methoxy groups -OCH3 is 1. The second-order valence-electron chi connectivity index (χ2n) is 13.8. The molecule has 3 fully saturated rings. The Morgan fingerprint density at radius 1 is 1.26 bits per heavy atom. The first-order chi connectivity index (χ1) is 22.1. The number of nitrogens with one attached hydrogen (secondary N) is 2. The van der Waals surface area contributed by atoms with Gasteiger partial charge in [-0.3, -0.25) is 24.1 Å². The number of carbonyl (C=O) groups excluding carboxylic acids is 3. The highest BCUT2D eigenvalue weighted by Crippen LogP contribution is 2.46. The molecule has 1 saturated heterocycles. The minimum Gasteiger partial charge on any atom is -0.495 e. The van der Waals surface area contributed by atoms with E-state index in [0.717, 1.165) is 12.1 Å². The number of ether oxygens (including phenoxy) is 2. The molecule has 14 heteroatoms. The van der Waals surface area contributed by atoms with Crippen LogP contribution >= 0.6 is 15.9 Å². The van der Waals surface area contributed by atoms with Crippen molar-refractivity contribution in [3.05, 3.63) is 41.0 Å². The minimum atomic E-state index is -3.86. The molecule has 1 unspecified atom stereocenters. The Morgan fingerprint density at radius 3 is 2.53 bits per heavy atom. The van der Waals surface area contributed by atoms with Gasteiger partial charge in [0.25, 0.3) is 11.8 Å². The van der Waals surface area contributed by atoms with E-state index in [1.807, 2.05) is 19.1 Å². The summed E-state index contributed by atoms with van der Waals surface area (Å²) in [6.45, 7) is 10.9. The van der Waals surface area contributed by atoms with Gasteiger partial charge in [-0.15, -0.1) is 6.58 Å². The van der Waals surface area contributed by atoms with E-state index in [0.29, 0.717) is 46.1 Å². The second-order valence-corrected chi connectivity index (χ2v) is 16.5. The Labute approximate surface area is 283 Å². The number of rotatable bonds is 12. The van der Waals surface area contributed by atoms with Crippen molar-refractivity contribution < 1.29 is 37.4 Å². The van der Waals surface area contributed by atoms with E-state index in [4.69, 9.17) is 14.5 Å². The van der Waals surface area contributed by atoms with Gasteiger partial charge in [0.1, 0.15) is 35.3 Å². The first-order valence-corrected chi connectivity index (χ1v) is 18.2. The maximum Gasteiger partial charge on any atom is 0.259 e. The number of halogens is 1. The maximum absolute atomic E-state index is 14.0. The van der Waals surface area contributed by atoms with E-state index in [1.54, 1.807) is 33.9 Å². The largest absolute Gasteiger partial charge is 0.495 e. The van der Waals surface area contributed by atoms with Crippen LogP contribution in [0.4, 0.5) is 0 Å². The lowest BCUT2D eigenvalue weighted by Gasteiger charge is -2.32. The molecule has 2 heterocycles. The standard InChI is InChI=1S/C33H43BrN4O8S/c1-7-9-19-14-25(22-12-13-24(45-6)26(34)27(22)35-19)46-20-15-23(38(17-20)30(41)28(39)32(3,4)5)29(40)36-33(16-18(33)8-2)31(42)37-47(43,44)21-10-11-21/h8,12-14,18,20-21,23,28,39H,2,7,9-11,15-17H2,1,3-6H3,(H,36,40)(H,37,42)/t18?,20-,23+,28-,33-/m1/s1. The Balaban J connectivity index is 1.45. The zero-order valence-corrected chi connectivity index (χ0v) is 29.7. The molecule has 0 spiro atoms. The van der Waals surface area contributed by atoms with Crippen molar-refractivity contribution >= 4 is 54.6 Å². The molecule has 2 saturated carbocycles. The molecule has 47 heavy (non-hydrogen) atoms. The van der Waals surface area contributed by atoms with Crippen LogP contribution < -0.4 is 19.5 Å². The summed E-state index contributed by atoms with van der Waals surface area (Å²) in [6.07, 6.45) is 2.16. The Bertz CT molecular complexity index is 1710. The lowest BCUT2D eigenvalue weighted by Crippen LogP contribution is -2.57. The van der Waals surface area contributed by atoms with E-state index in [9.17, 15) is 27.9 Å². The molecule has 12 nitrogen and oxygen atoms in total. The third-order valence-electron chi connectivity index (χ3n) is 9.07. The van der Waals surface area contributed by atoms with Crippen LogP contribution in [0, 0.1) is 11.3 Å². The fraction of sp³-hybridized carbons (Fsp3) is 0.576. The molecule has 3 amide bonds. The number of aryl methyl sites for hydroxylation is 1. The minimum absolute atomic E-state index is 0.00550. The molecule has 1 aliphatic heterocycles. The van der Waals surface area contributed by atoms with Crippen LogP contribution in [0.25, 0.3) is 10.9 Å². The van der Waals surface area contributed by atoms with Crippen molar-refractivity contribution in [2.24, 2.45) is 11.3 Å². The van der Waals surface area contributed by atoms with Gasteiger partial charge in [0.05, 0.1) is 28.9 Å². The van der Waals surface area contributed by atoms with Gasteiger partial charge in [0.2, 0.25) is 15.9 Å². The highest BCUT2D eigenvalue weighted by Gasteiger charge is 2.62. The highest BCUT2D eigenvalue weighted by atomic mass is 79.9. The van der Waals surface area contributed by atoms with Gasteiger partial charge in [-0.2, -0.15) is 0 Å². The average Bonchev–Trinajstić information content (AvgIpc) is 3.93. The molecule has 256 valence electrons. The summed E-state index contributed by atoms with van der Waals surface area (Å²) in [4.78, 5) is 47.1. The van der Waals surface area contributed by atoms with Gasteiger partial charge in [-0.1, -0.05) is 40.2 Å². The summed E-state index contributed by atoms with van der Waals surface area (Å²) in [5.74, 6) is -1.48. The van der Waals surface area contributed by atoms with Gasteiger partial charge in [-0.05, 0) is 59.2 Å². The fourth-order valence-electron chi connectivity index (χ4n) is 6.00. The van der Waals surface area contributed by atoms with Crippen molar-refractivity contribution in [2.45, 2.75) is 95.3 Å². The number of benzene rings is 1. The quantitative estimate of drug-likeness (QED) is 0.278. The van der Waals surface area contributed by atoms with Gasteiger partial charge in [0, 0.05) is 29.5 Å². The van der Waals surface area contributed by atoms with Crippen molar-refractivity contribution in [1.29, 1.82) is 0 Å². The lowest BCUT2D eigenvalue weighted by molar-refractivity contribution is -0.150. The number of sulfonamides is 1. The van der Waals surface area contributed by atoms with Crippen LogP contribution in [-0.4, -0.2) is 83.8 Å². The SMILES string of the molecule is C=CC1C[C@]1(NC(=O)[C@@H]1C[C@@H](Oc2cc(CCC)nc3c(Br)c(OC)ccc23)CN1C(=O)[C@@H](O)C(C)(C)C)C(=O)NS(=O)(=O)C1CC1. The molecule has 1 aromatic carbocycles. The van der Waals surface area contributed by atoms with Crippen LogP contribution in [0.3, 0.4) is 0 Å². The number of pyridine rings is 1. The van der Waals surface area contributed by atoms with E-state index in [-0.39, 0.29) is 19.4 Å².